The summed E-state index contributed by atoms with van der Waals surface area (Å²) in [5.74, 6) is 0.710. The summed E-state index contributed by atoms with van der Waals surface area (Å²) in [6.07, 6.45) is 4.18. The lowest BCUT2D eigenvalue weighted by atomic mass is 10.1. The minimum Gasteiger partial charge on any atom is -0.459 e. The molecule has 1 aromatic carbocycles. The third-order valence-corrected chi connectivity index (χ3v) is 5.64. The van der Waals surface area contributed by atoms with E-state index < -0.39 is 5.60 Å². The molecule has 1 atom stereocenters. The molecule has 7 nitrogen and oxygen atoms in total. The van der Waals surface area contributed by atoms with Gasteiger partial charge in [-0.15, -0.1) is 10.2 Å². The Morgan fingerprint density at radius 3 is 2.93 bits per heavy atom. The van der Waals surface area contributed by atoms with Gasteiger partial charge >= 0.3 is 5.97 Å². The molecule has 1 N–H and O–H groups in total. The molecule has 0 amide bonds. The zero-order chi connectivity index (χ0) is 20.4. The highest BCUT2D eigenvalue weighted by Crippen LogP contribution is 2.31. The maximum Gasteiger partial charge on any atom is 0.316 e. The van der Waals surface area contributed by atoms with E-state index >= 15 is 0 Å². The van der Waals surface area contributed by atoms with E-state index in [0.717, 1.165) is 41.7 Å². The van der Waals surface area contributed by atoms with Crippen LogP contribution in [0, 0.1) is 0 Å². The van der Waals surface area contributed by atoms with Crippen molar-refractivity contribution in [2.24, 2.45) is 0 Å². The number of carbonyl (C=O) groups is 1. The zero-order valence-electron chi connectivity index (χ0n) is 17.0. The fourth-order valence-electron chi connectivity index (χ4n) is 3.50. The molecule has 1 unspecified atom stereocenters. The molecule has 0 radical (unpaired) electrons. The van der Waals surface area contributed by atoms with Crippen molar-refractivity contribution < 1.29 is 14.3 Å². The first-order chi connectivity index (χ1) is 13.9. The molecular formula is C21H26N4O3S. The highest BCUT2D eigenvalue weighted by atomic mass is 32.2. The molecule has 4 rings (SSSR count). The maximum atomic E-state index is 12.2. The van der Waals surface area contributed by atoms with Crippen LogP contribution in [-0.4, -0.2) is 49.8 Å². The van der Waals surface area contributed by atoms with Crippen LogP contribution in [0.4, 0.5) is 0 Å². The number of carbonyl (C=O) groups excluding carboxylic acids is 1. The van der Waals surface area contributed by atoms with Gasteiger partial charge in [-0.3, -0.25) is 9.36 Å². The molecule has 1 aliphatic heterocycles. The SMILES string of the molecule is CC(C)(C)OC(=O)CSc1nnc(-c2c[nH]c3ccccc23)n1CC1CCCO1. The molecule has 0 saturated carbocycles. The third kappa shape index (κ3) is 4.64. The molecule has 0 spiro atoms. The number of esters is 1. The van der Waals surface area contributed by atoms with Crippen molar-refractivity contribution in [3.05, 3.63) is 30.5 Å². The number of nitrogens with one attached hydrogen (secondary N) is 1. The second kappa shape index (κ2) is 8.20. The van der Waals surface area contributed by atoms with Crippen LogP contribution in [0.5, 0.6) is 0 Å². The van der Waals surface area contributed by atoms with Gasteiger partial charge in [0.05, 0.1) is 18.4 Å². The summed E-state index contributed by atoms with van der Waals surface area (Å²) in [4.78, 5) is 15.5. The molecule has 8 heteroatoms. The molecule has 0 aliphatic carbocycles. The number of benzene rings is 1. The molecular weight excluding hydrogens is 388 g/mol. The normalized spacial score (nSPS) is 17.1. The highest BCUT2D eigenvalue weighted by Gasteiger charge is 2.24. The fourth-order valence-corrected chi connectivity index (χ4v) is 4.22. The number of rotatable bonds is 6. The second-order valence-electron chi connectivity index (χ2n) is 8.17. The fraction of sp³-hybridized carbons (Fsp3) is 0.476. The van der Waals surface area contributed by atoms with Crippen LogP contribution in [0.1, 0.15) is 33.6 Å². The quantitative estimate of drug-likeness (QED) is 0.484. The van der Waals surface area contributed by atoms with Crippen molar-refractivity contribution in [1.82, 2.24) is 19.7 Å². The standard InChI is InChI=1S/C21H26N4O3S/c1-21(2,3)28-18(26)13-29-20-24-23-19(25(20)12-14-7-6-10-27-14)16-11-22-17-9-5-4-8-15(16)17/h4-5,8-9,11,14,22H,6-7,10,12-13H2,1-3H3. The van der Waals surface area contributed by atoms with Crippen LogP contribution in [0.25, 0.3) is 22.3 Å². The van der Waals surface area contributed by atoms with E-state index in [1.54, 1.807) is 0 Å². The Hall–Kier alpha value is -2.32. The molecule has 3 heterocycles. The van der Waals surface area contributed by atoms with Crippen molar-refractivity contribution in [2.45, 2.75) is 57.0 Å². The molecule has 29 heavy (non-hydrogen) atoms. The summed E-state index contributed by atoms with van der Waals surface area (Å²) in [5.41, 5.74) is 1.55. The second-order valence-corrected chi connectivity index (χ2v) is 9.12. The van der Waals surface area contributed by atoms with Crippen molar-refractivity contribution in [1.29, 1.82) is 0 Å². The van der Waals surface area contributed by atoms with Gasteiger partial charge in [0.1, 0.15) is 5.60 Å². The number of hydrogen-bond donors (Lipinski definition) is 1. The molecule has 2 aromatic heterocycles. The Morgan fingerprint density at radius 2 is 2.17 bits per heavy atom. The monoisotopic (exact) mass is 414 g/mol. The van der Waals surface area contributed by atoms with Gasteiger partial charge in [-0.25, -0.2) is 0 Å². The van der Waals surface area contributed by atoms with Gasteiger partial charge in [0.15, 0.2) is 11.0 Å². The predicted molar refractivity (Wildman–Crippen MR) is 113 cm³/mol. The largest absolute Gasteiger partial charge is 0.459 e. The number of nitrogens with zero attached hydrogens (tertiary/aromatic N) is 3. The minimum absolute atomic E-state index is 0.135. The number of aromatic amines is 1. The van der Waals surface area contributed by atoms with E-state index in [-0.39, 0.29) is 17.8 Å². The first-order valence-electron chi connectivity index (χ1n) is 9.86. The number of hydrogen-bond acceptors (Lipinski definition) is 6. The Morgan fingerprint density at radius 1 is 1.34 bits per heavy atom. The van der Waals surface area contributed by atoms with Gasteiger partial charge in [0.25, 0.3) is 0 Å². The number of fused-ring (bicyclic) bond motifs is 1. The number of para-hydroxylation sites is 1. The lowest BCUT2D eigenvalue weighted by molar-refractivity contribution is -0.151. The van der Waals surface area contributed by atoms with Crippen molar-refractivity contribution in [2.75, 3.05) is 12.4 Å². The van der Waals surface area contributed by atoms with Crippen LogP contribution in [0.3, 0.4) is 0 Å². The Kier molecular flexibility index (Phi) is 5.65. The molecule has 1 saturated heterocycles. The summed E-state index contributed by atoms with van der Waals surface area (Å²) in [6.45, 7) is 7.05. The molecule has 154 valence electrons. The van der Waals surface area contributed by atoms with Gasteiger partial charge in [-0.1, -0.05) is 30.0 Å². The van der Waals surface area contributed by atoms with E-state index in [1.165, 1.54) is 11.8 Å². The van der Waals surface area contributed by atoms with Crippen LogP contribution < -0.4 is 0 Å². The van der Waals surface area contributed by atoms with Crippen LogP contribution in [0.15, 0.2) is 35.6 Å². The summed E-state index contributed by atoms with van der Waals surface area (Å²) in [5, 5.41) is 10.7. The van der Waals surface area contributed by atoms with Gasteiger partial charge < -0.3 is 14.5 Å². The first kappa shape index (κ1) is 20.0. The van der Waals surface area contributed by atoms with E-state index in [0.29, 0.717) is 11.7 Å². The van der Waals surface area contributed by atoms with Crippen molar-refractivity contribution in [3.63, 3.8) is 0 Å². The minimum atomic E-state index is -0.502. The lowest BCUT2D eigenvalue weighted by Crippen LogP contribution is -2.25. The zero-order valence-corrected chi connectivity index (χ0v) is 17.8. The third-order valence-electron chi connectivity index (χ3n) is 4.70. The van der Waals surface area contributed by atoms with Gasteiger partial charge in [0, 0.05) is 29.3 Å². The smallest absolute Gasteiger partial charge is 0.316 e. The van der Waals surface area contributed by atoms with Crippen LogP contribution in [0.2, 0.25) is 0 Å². The molecule has 1 aliphatic rings. The molecule has 1 fully saturated rings. The highest BCUT2D eigenvalue weighted by molar-refractivity contribution is 7.99. The lowest BCUT2D eigenvalue weighted by Gasteiger charge is -2.19. The summed E-state index contributed by atoms with van der Waals surface area (Å²) in [7, 11) is 0. The molecule has 0 bridgehead atoms. The number of H-pyrrole nitrogens is 1. The Labute approximate surface area is 174 Å². The number of ether oxygens (including phenoxy) is 2. The van der Waals surface area contributed by atoms with Crippen LogP contribution in [-0.2, 0) is 20.8 Å². The number of aromatic nitrogens is 4. The van der Waals surface area contributed by atoms with Crippen molar-refractivity contribution in [3.8, 4) is 11.4 Å². The average Bonchev–Trinajstić information content (AvgIpc) is 3.39. The van der Waals surface area contributed by atoms with E-state index in [4.69, 9.17) is 9.47 Å². The first-order valence-corrected chi connectivity index (χ1v) is 10.9. The topological polar surface area (TPSA) is 82.0 Å². The summed E-state index contributed by atoms with van der Waals surface area (Å²) >= 11 is 1.35. The Bertz CT molecular complexity index is 999. The molecule has 3 aromatic rings. The average molecular weight is 415 g/mol. The Balaban J connectivity index is 1.62. The summed E-state index contributed by atoms with van der Waals surface area (Å²) in [6, 6.07) is 8.12. The van der Waals surface area contributed by atoms with E-state index in [1.807, 2.05) is 45.2 Å². The maximum absolute atomic E-state index is 12.2. The van der Waals surface area contributed by atoms with Crippen LogP contribution >= 0.6 is 11.8 Å². The van der Waals surface area contributed by atoms with E-state index in [9.17, 15) is 4.79 Å². The van der Waals surface area contributed by atoms with Gasteiger partial charge in [0.2, 0.25) is 0 Å². The van der Waals surface area contributed by atoms with E-state index in [2.05, 4.69) is 25.8 Å². The van der Waals surface area contributed by atoms with Gasteiger partial charge in [-0.05, 0) is 39.7 Å². The summed E-state index contributed by atoms with van der Waals surface area (Å²) < 4.78 is 13.3. The number of thioether (sulfide) groups is 1. The van der Waals surface area contributed by atoms with Gasteiger partial charge in [-0.2, -0.15) is 0 Å². The predicted octanol–water partition coefficient (Wildman–Crippen LogP) is 4.04. The van der Waals surface area contributed by atoms with Crippen molar-refractivity contribution >= 4 is 28.6 Å².